The third-order valence-electron chi connectivity index (χ3n) is 19.0. The maximum atomic E-state index is 2.52. The highest BCUT2D eigenvalue weighted by Crippen LogP contribution is 2.59. The number of para-hydroxylation sites is 2. The van der Waals surface area contributed by atoms with E-state index in [0.717, 1.165) is 22.7 Å². The number of nitrogens with zero attached hydrogens (tertiary/aromatic N) is 2. The molecule has 0 aromatic heterocycles. The van der Waals surface area contributed by atoms with Gasteiger partial charge < -0.3 is 9.80 Å². The van der Waals surface area contributed by atoms with Gasteiger partial charge in [0.1, 0.15) is 0 Å². The van der Waals surface area contributed by atoms with Crippen molar-refractivity contribution in [3.8, 4) is 44.5 Å². The zero-order chi connectivity index (χ0) is 51.9. The molecule has 0 radical (unpaired) electrons. The molecule has 0 heterocycles. The first-order valence-corrected chi connectivity index (χ1v) is 27.7. The lowest BCUT2D eigenvalue weighted by atomic mass is 9.79. The highest BCUT2D eigenvalue weighted by Gasteiger charge is 2.43. The van der Waals surface area contributed by atoms with E-state index in [2.05, 4.69) is 277 Å². The highest BCUT2D eigenvalue weighted by atomic mass is 15.2. The Morgan fingerprint density at radius 1 is 0.286 bits per heavy atom. The van der Waals surface area contributed by atoms with E-state index in [-0.39, 0.29) is 16.2 Å². The second-order valence-electron chi connectivity index (χ2n) is 24.1. The molecule has 0 amide bonds. The zero-order valence-corrected chi connectivity index (χ0v) is 44.8. The fourth-order valence-electron chi connectivity index (χ4n) is 15.0. The zero-order valence-electron chi connectivity index (χ0n) is 44.8. The van der Waals surface area contributed by atoms with Crippen LogP contribution < -0.4 is 9.80 Å². The third-order valence-corrected chi connectivity index (χ3v) is 19.0. The Morgan fingerprint density at radius 3 is 1.22 bits per heavy atom. The minimum absolute atomic E-state index is 0.0620. The van der Waals surface area contributed by atoms with Gasteiger partial charge in [-0.25, -0.2) is 0 Å². The Morgan fingerprint density at radius 2 is 0.688 bits per heavy atom. The average Bonchev–Trinajstić information content (AvgIpc) is 4.30. The van der Waals surface area contributed by atoms with Crippen molar-refractivity contribution in [2.24, 2.45) is 0 Å². The van der Waals surface area contributed by atoms with Crippen LogP contribution in [0.1, 0.15) is 98.9 Å². The van der Waals surface area contributed by atoms with Gasteiger partial charge in [0.2, 0.25) is 0 Å². The molecule has 2 heteroatoms. The van der Waals surface area contributed by atoms with Crippen LogP contribution >= 0.6 is 0 Å². The van der Waals surface area contributed by atoms with Crippen LogP contribution in [0.2, 0.25) is 0 Å². The van der Waals surface area contributed by atoms with Crippen molar-refractivity contribution in [3.63, 3.8) is 0 Å². The summed E-state index contributed by atoms with van der Waals surface area (Å²) in [4.78, 5) is 5.00. The SMILES string of the molecule is CC1c2ccccc2-c2cc3c(cc21)-c1ccc(N(c2ccccc2)c2ccc4ccc5c(N(c6ccccc6)c6ccc7c(c6)C(C)(C)c6cc8c(cc6-7)C(C)(C)c6ccccc6-8)ccc6ccc2c4c65)cc1C3(C)C. The summed E-state index contributed by atoms with van der Waals surface area (Å²) < 4.78 is 0. The van der Waals surface area contributed by atoms with E-state index < -0.39 is 0 Å². The van der Waals surface area contributed by atoms with Crippen LogP contribution in [0.25, 0.3) is 76.8 Å². The molecule has 0 saturated carbocycles. The standard InChI is InChI=1S/C75H58N2/c1-44-51-22-14-15-23-52(51)59-41-66-60(40-58(44)59)54-34-30-49(38-64(54)74(66,4)5)76(47-18-10-8-11-19-47)69-36-28-45-27-33-57-70(37-29-46-26-32-56(69)71(45)72(46)57)77(48-20-12-9-13-21-48)50-31-35-55-62-43-67-61(42-68(62)75(6,7)65(55)39-50)53-24-16-17-25-63(53)73(67,2)3/h8-44H,1-7H3. The number of fused-ring (bicyclic) bond motifs is 12. The van der Waals surface area contributed by atoms with E-state index >= 15 is 0 Å². The summed E-state index contributed by atoms with van der Waals surface area (Å²) >= 11 is 0. The monoisotopic (exact) mass is 986 g/mol. The molecule has 16 rings (SSSR count). The largest absolute Gasteiger partial charge is 0.310 e. The van der Waals surface area contributed by atoms with E-state index in [4.69, 9.17) is 0 Å². The Balaban J connectivity index is 0.842. The molecule has 1 atom stereocenters. The van der Waals surface area contributed by atoms with Gasteiger partial charge in [-0.3, -0.25) is 0 Å². The number of rotatable bonds is 6. The minimum atomic E-state index is -0.201. The van der Waals surface area contributed by atoms with Gasteiger partial charge in [-0.2, -0.15) is 0 Å². The fraction of sp³-hybridized carbons (Fsp3) is 0.147. The molecule has 12 aromatic carbocycles. The van der Waals surface area contributed by atoms with Gasteiger partial charge in [-0.05, 0) is 195 Å². The van der Waals surface area contributed by atoms with Crippen LogP contribution in [0.15, 0.2) is 218 Å². The summed E-state index contributed by atoms with van der Waals surface area (Å²) in [5.41, 5.74) is 28.7. The molecule has 0 fully saturated rings. The van der Waals surface area contributed by atoms with Crippen molar-refractivity contribution in [2.75, 3.05) is 9.80 Å². The van der Waals surface area contributed by atoms with Crippen molar-refractivity contribution in [2.45, 2.75) is 70.6 Å². The maximum Gasteiger partial charge on any atom is 0.0540 e. The molecule has 4 aliphatic rings. The predicted octanol–water partition coefficient (Wildman–Crippen LogP) is 20.6. The first kappa shape index (κ1) is 44.6. The van der Waals surface area contributed by atoms with Crippen molar-refractivity contribution in [1.29, 1.82) is 0 Å². The molecule has 0 saturated heterocycles. The second kappa shape index (κ2) is 15.5. The summed E-state index contributed by atoms with van der Waals surface area (Å²) in [6.45, 7) is 16.8. The van der Waals surface area contributed by atoms with Crippen molar-refractivity contribution in [3.05, 3.63) is 263 Å². The molecular formula is C75H58N2. The van der Waals surface area contributed by atoms with E-state index in [1.54, 1.807) is 0 Å². The molecule has 4 aliphatic carbocycles. The molecule has 12 aromatic rings. The van der Waals surface area contributed by atoms with Crippen LogP contribution in [0.4, 0.5) is 34.1 Å². The van der Waals surface area contributed by atoms with Gasteiger partial charge in [0.05, 0.1) is 11.4 Å². The number of hydrogen-bond acceptors (Lipinski definition) is 2. The fourth-order valence-corrected chi connectivity index (χ4v) is 15.0. The molecule has 368 valence electrons. The van der Waals surface area contributed by atoms with Crippen LogP contribution in [0, 0.1) is 0 Å². The smallest absolute Gasteiger partial charge is 0.0540 e. The topological polar surface area (TPSA) is 6.48 Å². The van der Waals surface area contributed by atoms with Gasteiger partial charge >= 0.3 is 0 Å². The molecule has 0 spiro atoms. The molecule has 77 heavy (non-hydrogen) atoms. The van der Waals surface area contributed by atoms with E-state index in [1.807, 2.05) is 0 Å². The predicted molar refractivity (Wildman–Crippen MR) is 325 cm³/mol. The lowest BCUT2D eigenvalue weighted by Gasteiger charge is -2.31. The van der Waals surface area contributed by atoms with Crippen LogP contribution in [0.3, 0.4) is 0 Å². The van der Waals surface area contributed by atoms with Gasteiger partial charge in [-0.1, -0.05) is 182 Å². The van der Waals surface area contributed by atoms with Crippen molar-refractivity contribution in [1.82, 2.24) is 0 Å². The average molecular weight is 987 g/mol. The minimum Gasteiger partial charge on any atom is -0.310 e. The Labute approximate surface area is 451 Å². The Bertz CT molecular complexity index is 4500. The number of anilines is 6. The third kappa shape index (κ3) is 5.96. The number of benzene rings is 12. The Kier molecular flexibility index (Phi) is 8.95. The lowest BCUT2D eigenvalue weighted by molar-refractivity contribution is 0.652. The lowest BCUT2D eigenvalue weighted by Crippen LogP contribution is -2.17. The van der Waals surface area contributed by atoms with Crippen molar-refractivity contribution >= 4 is 66.4 Å². The van der Waals surface area contributed by atoms with Gasteiger partial charge in [-0.15, -0.1) is 0 Å². The summed E-state index contributed by atoms with van der Waals surface area (Å²) in [5.74, 6) is 0.372. The molecule has 0 N–H and O–H groups in total. The molecule has 0 bridgehead atoms. The van der Waals surface area contributed by atoms with Gasteiger partial charge in [0, 0.05) is 55.7 Å². The molecular weight excluding hydrogens is 929 g/mol. The molecule has 1 unspecified atom stereocenters. The van der Waals surface area contributed by atoms with Crippen LogP contribution in [-0.4, -0.2) is 0 Å². The highest BCUT2D eigenvalue weighted by molar-refractivity contribution is 6.28. The second-order valence-corrected chi connectivity index (χ2v) is 24.1. The first-order valence-electron chi connectivity index (χ1n) is 27.7. The quantitative estimate of drug-likeness (QED) is 0.153. The summed E-state index contributed by atoms with van der Waals surface area (Å²) in [5, 5.41) is 7.51. The van der Waals surface area contributed by atoms with Crippen molar-refractivity contribution < 1.29 is 0 Å². The summed E-state index contributed by atoms with van der Waals surface area (Å²) in [6.07, 6.45) is 0. The summed E-state index contributed by atoms with van der Waals surface area (Å²) in [7, 11) is 0. The van der Waals surface area contributed by atoms with Crippen LogP contribution in [0.5, 0.6) is 0 Å². The summed E-state index contributed by atoms with van der Waals surface area (Å²) in [6, 6.07) is 83.4. The van der Waals surface area contributed by atoms with Gasteiger partial charge in [0.25, 0.3) is 0 Å². The van der Waals surface area contributed by atoms with E-state index in [1.165, 1.54) is 133 Å². The first-order chi connectivity index (χ1) is 37.4. The Hall–Kier alpha value is -8.72. The molecule has 2 nitrogen and oxygen atoms in total. The van der Waals surface area contributed by atoms with E-state index in [9.17, 15) is 0 Å². The number of hydrogen-bond donors (Lipinski definition) is 0. The molecule has 0 aliphatic heterocycles. The normalized spacial score (nSPS) is 16.2. The maximum absolute atomic E-state index is 2.52. The van der Waals surface area contributed by atoms with Crippen LogP contribution in [-0.2, 0) is 16.2 Å². The van der Waals surface area contributed by atoms with Gasteiger partial charge in [0.15, 0.2) is 0 Å². The van der Waals surface area contributed by atoms with E-state index in [0.29, 0.717) is 5.92 Å².